The van der Waals surface area contributed by atoms with Gasteiger partial charge in [-0.05, 0) is 45.2 Å². The minimum atomic E-state index is -0.208. The van der Waals surface area contributed by atoms with Gasteiger partial charge in [0.15, 0.2) is 0 Å². The van der Waals surface area contributed by atoms with Gasteiger partial charge < -0.3 is 10.0 Å². The van der Waals surface area contributed by atoms with E-state index in [2.05, 4.69) is 60.7 Å². The summed E-state index contributed by atoms with van der Waals surface area (Å²) in [4.78, 5) is 14.4. The Balaban J connectivity index is 1.74. The Morgan fingerprint density at radius 1 is 1.03 bits per heavy atom. The Morgan fingerprint density at radius 2 is 1.77 bits per heavy atom. The van der Waals surface area contributed by atoms with Crippen molar-refractivity contribution in [3.8, 4) is 0 Å². The number of rotatable bonds is 8. The number of aromatic nitrogens is 2. The number of benzene rings is 1. The first-order valence-electron chi connectivity index (χ1n) is 11.4. The number of aryl methyl sites for hydroxylation is 4. The van der Waals surface area contributed by atoms with Crippen LogP contribution in [0.2, 0.25) is 0 Å². The number of hydrogen-bond acceptors (Lipinski definition) is 5. The van der Waals surface area contributed by atoms with Crippen LogP contribution in [0.3, 0.4) is 0 Å². The van der Waals surface area contributed by atoms with E-state index in [1.807, 2.05) is 6.92 Å². The van der Waals surface area contributed by atoms with Gasteiger partial charge in [-0.1, -0.05) is 43.5 Å². The van der Waals surface area contributed by atoms with Crippen molar-refractivity contribution in [1.29, 1.82) is 0 Å². The first kappa shape index (κ1) is 22.7. The third-order valence-corrected chi connectivity index (χ3v) is 6.21. The second-order valence-electron chi connectivity index (χ2n) is 8.85. The molecule has 0 radical (unpaired) electrons. The van der Waals surface area contributed by atoms with Crippen LogP contribution in [0.15, 0.2) is 18.2 Å². The van der Waals surface area contributed by atoms with Crippen molar-refractivity contribution in [2.45, 2.75) is 66.4 Å². The van der Waals surface area contributed by atoms with Gasteiger partial charge in [0.2, 0.25) is 0 Å². The molecule has 2 aromatic rings. The fourth-order valence-electron chi connectivity index (χ4n) is 4.34. The number of β-amino-alcohol motifs (C(OH)–C–C–N with tert-alkyl or cyclic N) is 1. The van der Waals surface area contributed by atoms with Crippen LogP contribution in [0.4, 0.5) is 5.82 Å². The summed E-state index contributed by atoms with van der Waals surface area (Å²) in [5.41, 5.74) is 6.28. The summed E-state index contributed by atoms with van der Waals surface area (Å²) in [6.45, 7) is 15.2. The molecule has 30 heavy (non-hydrogen) atoms. The Morgan fingerprint density at radius 3 is 2.47 bits per heavy atom. The van der Waals surface area contributed by atoms with E-state index in [0.717, 1.165) is 75.7 Å². The zero-order valence-corrected chi connectivity index (χ0v) is 19.4. The molecule has 3 rings (SSSR count). The van der Waals surface area contributed by atoms with Gasteiger partial charge in [0, 0.05) is 50.4 Å². The fourth-order valence-corrected chi connectivity index (χ4v) is 4.34. The second kappa shape index (κ2) is 10.4. The number of aliphatic hydroxyl groups is 1. The number of piperazine rings is 1. The van der Waals surface area contributed by atoms with E-state index in [1.165, 1.54) is 22.3 Å². The normalized spacial score (nSPS) is 16.1. The van der Waals surface area contributed by atoms with Crippen LogP contribution < -0.4 is 4.90 Å². The average Bonchev–Trinajstić information content (AvgIpc) is 2.71. The summed E-state index contributed by atoms with van der Waals surface area (Å²) >= 11 is 0. The number of anilines is 1. The van der Waals surface area contributed by atoms with E-state index in [4.69, 9.17) is 4.98 Å². The van der Waals surface area contributed by atoms with Gasteiger partial charge >= 0.3 is 0 Å². The van der Waals surface area contributed by atoms with Crippen molar-refractivity contribution in [3.63, 3.8) is 0 Å². The first-order valence-corrected chi connectivity index (χ1v) is 11.4. The number of aliphatic hydroxyl groups excluding tert-OH is 1. The van der Waals surface area contributed by atoms with Gasteiger partial charge in [0.25, 0.3) is 0 Å². The predicted molar refractivity (Wildman–Crippen MR) is 124 cm³/mol. The number of nitrogens with zero attached hydrogens (tertiary/aromatic N) is 4. The van der Waals surface area contributed by atoms with Crippen LogP contribution in [0.5, 0.6) is 0 Å². The van der Waals surface area contributed by atoms with Crippen LogP contribution >= 0.6 is 0 Å². The van der Waals surface area contributed by atoms with Crippen LogP contribution in [0.25, 0.3) is 0 Å². The molecule has 0 aliphatic carbocycles. The molecule has 0 bridgehead atoms. The SMILES string of the molecule is CCCCC(O)CN1CCN(c2nc(C)nc(C)c2Cc2cc(C)ccc2C)CC1. The van der Waals surface area contributed by atoms with E-state index >= 15 is 0 Å². The lowest BCUT2D eigenvalue weighted by atomic mass is 9.97. The maximum Gasteiger partial charge on any atom is 0.136 e. The summed E-state index contributed by atoms with van der Waals surface area (Å²) in [6, 6.07) is 6.66. The molecule has 5 heteroatoms. The summed E-state index contributed by atoms with van der Waals surface area (Å²) in [5.74, 6) is 1.93. The molecule has 1 aliphatic heterocycles. The summed E-state index contributed by atoms with van der Waals surface area (Å²) < 4.78 is 0. The Labute approximate surface area is 182 Å². The minimum absolute atomic E-state index is 0.208. The van der Waals surface area contributed by atoms with Gasteiger partial charge in [-0.15, -0.1) is 0 Å². The molecule has 0 spiro atoms. The monoisotopic (exact) mass is 410 g/mol. The van der Waals surface area contributed by atoms with Crippen LogP contribution in [0.1, 0.15) is 60.0 Å². The third kappa shape index (κ3) is 5.79. The van der Waals surface area contributed by atoms with Crippen LogP contribution in [0, 0.1) is 27.7 Å². The highest BCUT2D eigenvalue weighted by molar-refractivity contribution is 5.52. The molecule has 1 fully saturated rings. The van der Waals surface area contributed by atoms with E-state index in [1.54, 1.807) is 0 Å². The molecule has 1 saturated heterocycles. The Hall–Kier alpha value is -1.98. The van der Waals surface area contributed by atoms with E-state index in [-0.39, 0.29) is 6.10 Å². The Bertz CT molecular complexity index is 843. The molecule has 164 valence electrons. The molecule has 0 saturated carbocycles. The third-order valence-electron chi connectivity index (χ3n) is 6.21. The molecule has 1 aliphatic rings. The highest BCUT2D eigenvalue weighted by Crippen LogP contribution is 2.26. The summed E-state index contributed by atoms with van der Waals surface area (Å²) in [7, 11) is 0. The van der Waals surface area contributed by atoms with Crippen molar-refractivity contribution >= 4 is 5.82 Å². The molecular formula is C25H38N4O. The lowest BCUT2D eigenvalue weighted by Gasteiger charge is -2.37. The van der Waals surface area contributed by atoms with Crippen molar-refractivity contribution in [3.05, 3.63) is 52.0 Å². The maximum atomic E-state index is 10.3. The molecule has 1 aromatic carbocycles. The van der Waals surface area contributed by atoms with Crippen molar-refractivity contribution in [1.82, 2.24) is 14.9 Å². The molecule has 0 amide bonds. The van der Waals surface area contributed by atoms with Crippen molar-refractivity contribution < 1.29 is 5.11 Å². The lowest BCUT2D eigenvalue weighted by molar-refractivity contribution is 0.100. The van der Waals surface area contributed by atoms with Crippen LogP contribution in [-0.4, -0.2) is 58.8 Å². The topological polar surface area (TPSA) is 52.5 Å². The number of unbranched alkanes of at least 4 members (excludes halogenated alkanes) is 1. The second-order valence-corrected chi connectivity index (χ2v) is 8.85. The summed E-state index contributed by atoms with van der Waals surface area (Å²) in [5, 5.41) is 10.3. The molecule has 1 unspecified atom stereocenters. The highest BCUT2D eigenvalue weighted by atomic mass is 16.3. The average molecular weight is 411 g/mol. The van der Waals surface area contributed by atoms with E-state index in [0.29, 0.717) is 0 Å². The van der Waals surface area contributed by atoms with Crippen LogP contribution in [-0.2, 0) is 6.42 Å². The maximum absolute atomic E-state index is 10.3. The summed E-state index contributed by atoms with van der Waals surface area (Å²) in [6.07, 6.45) is 3.80. The predicted octanol–water partition coefficient (Wildman–Crippen LogP) is 3.97. The number of hydrogen-bond donors (Lipinski definition) is 1. The first-order chi connectivity index (χ1) is 14.4. The molecule has 1 aromatic heterocycles. The fraction of sp³-hybridized carbons (Fsp3) is 0.600. The minimum Gasteiger partial charge on any atom is -0.392 e. The van der Waals surface area contributed by atoms with Crippen molar-refractivity contribution in [2.75, 3.05) is 37.6 Å². The quantitative estimate of drug-likeness (QED) is 0.713. The molecule has 5 nitrogen and oxygen atoms in total. The van der Waals surface area contributed by atoms with Gasteiger partial charge in [0.05, 0.1) is 6.10 Å². The van der Waals surface area contributed by atoms with Crippen molar-refractivity contribution in [2.24, 2.45) is 0 Å². The zero-order chi connectivity index (χ0) is 21.7. The molecule has 1 N–H and O–H groups in total. The van der Waals surface area contributed by atoms with E-state index < -0.39 is 0 Å². The molecule has 1 atom stereocenters. The van der Waals surface area contributed by atoms with Gasteiger partial charge in [-0.2, -0.15) is 0 Å². The molecule has 2 heterocycles. The van der Waals surface area contributed by atoms with Gasteiger partial charge in [-0.3, -0.25) is 4.90 Å². The highest BCUT2D eigenvalue weighted by Gasteiger charge is 2.23. The van der Waals surface area contributed by atoms with E-state index in [9.17, 15) is 5.11 Å². The lowest BCUT2D eigenvalue weighted by Crippen LogP contribution is -2.49. The largest absolute Gasteiger partial charge is 0.392 e. The smallest absolute Gasteiger partial charge is 0.136 e. The Kier molecular flexibility index (Phi) is 7.84. The standard InChI is InChI=1S/C25H38N4O/c1-6-7-8-23(30)17-28-11-13-29(14-12-28)25-24(20(4)26-21(5)27-25)16-22-15-18(2)9-10-19(22)3/h9-10,15,23,30H,6-8,11-14,16-17H2,1-5H3. The molecular weight excluding hydrogens is 372 g/mol. The van der Waals surface area contributed by atoms with Gasteiger partial charge in [0.1, 0.15) is 11.6 Å². The zero-order valence-electron chi connectivity index (χ0n) is 19.4. The van der Waals surface area contributed by atoms with Gasteiger partial charge in [-0.25, -0.2) is 9.97 Å².